The minimum Gasteiger partial charge on any atom is -0.326 e. The molecule has 100 valence electrons. The Morgan fingerprint density at radius 2 is 1.89 bits per heavy atom. The largest absolute Gasteiger partial charge is 0.326 e. The maximum Gasteiger partial charge on any atom is 0.0180 e. The van der Waals surface area contributed by atoms with Gasteiger partial charge in [-0.25, -0.2) is 0 Å². The molecule has 0 saturated carbocycles. The van der Waals surface area contributed by atoms with E-state index in [0.717, 1.165) is 18.4 Å². The second kappa shape index (κ2) is 6.35. The average molecular weight is 246 g/mol. The Bertz CT molecular complexity index is 375. The van der Waals surface area contributed by atoms with Crippen molar-refractivity contribution >= 4 is 0 Å². The molecule has 1 saturated heterocycles. The summed E-state index contributed by atoms with van der Waals surface area (Å²) >= 11 is 0. The molecule has 0 aliphatic carbocycles. The lowest BCUT2D eigenvalue weighted by molar-refractivity contribution is 0.126. The van der Waals surface area contributed by atoms with Crippen LogP contribution >= 0.6 is 0 Å². The lowest BCUT2D eigenvalue weighted by Gasteiger charge is -2.36. The Morgan fingerprint density at radius 1 is 1.17 bits per heavy atom. The molecule has 18 heavy (non-hydrogen) atoms. The maximum absolute atomic E-state index is 5.80. The summed E-state index contributed by atoms with van der Waals surface area (Å²) in [5, 5.41) is 0. The first-order valence-corrected chi connectivity index (χ1v) is 7.21. The van der Waals surface area contributed by atoms with Gasteiger partial charge in [-0.15, -0.1) is 0 Å². The van der Waals surface area contributed by atoms with Crippen molar-refractivity contribution in [2.45, 2.75) is 45.7 Å². The highest BCUT2D eigenvalue weighted by molar-refractivity contribution is 5.27. The Kier molecular flexibility index (Phi) is 4.79. The Balaban J connectivity index is 1.94. The average Bonchev–Trinajstić information content (AvgIpc) is 2.40. The lowest BCUT2D eigenvalue weighted by atomic mass is 9.94. The van der Waals surface area contributed by atoms with Crippen molar-refractivity contribution in [1.82, 2.24) is 4.90 Å². The van der Waals surface area contributed by atoms with Crippen molar-refractivity contribution in [2.24, 2.45) is 11.7 Å². The molecule has 0 radical (unpaired) electrons. The van der Waals surface area contributed by atoms with E-state index in [1.54, 1.807) is 0 Å². The molecular weight excluding hydrogens is 220 g/mol. The molecule has 1 aromatic rings. The van der Waals surface area contributed by atoms with Crippen LogP contribution in [0.2, 0.25) is 0 Å². The molecule has 2 heteroatoms. The minimum atomic E-state index is 0.655. The summed E-state index contributed by atoms with van der Waals surface area (Å²) in [6.45, 7) is 7.81. The van der Waals surface area contributed by atoms with E-state index >= 15 is 0 Å². The number of rotatable bonds is 4. The fraction of sp³-hybridized carbons (Fsp3) is 0.625. The summed E-state index contributed by atoms with van der Waals surface area (Å²) in [4.78, 5) is 2.64. The van der Waals surface area contributed by atoms with Crippen LogP contribution in [0.15, 0.2) is 24.3 Å². The van der Waals surface area contributed by atoms with E-state index < -0.39 is 0 Å². The zero-order valence-corrected chi connectivity index (χ0v) is 11.7. The monoisotopic (exact) mass is 246 g/mol. The first-order chi connectivity index (χ1) is 8.70. The van der Waals surface area contributed by atoms with Gasteiger partial charge in [0.2, 0.25) is 0 Å². The second-order valence-corrected chi connectivity index (χ2v) is 5.75. The fourth-order valence-corrected chi connectivity index (χ4v) is 2.96. The third kappa shape index (κ3) is 3.33. The zero-order chi connectivity index (χ0) is 13.0. The molecule has 2 N–H and O–H groups in total. The van der Waals surface area contributed by atoms with Crippen LogP contribution < -0.4 is 5.73 Å². The molecule has 0 amide bonds. The summed E-state index contributed by atoms with van der Waals surface area (Å²) < 4.78 is 0. The highest BCUT2D eigenvalue weighted by Crippen LogP contribution is 2.21. The van der Waals surface area contributed by atoms with Gasteiger partial charge in [-0.3, -0.25) is 0 Å². The smallest absolute Gasteiger partial charge is 0.0180 e. The number of nitrogens with zero attached hydrogens (tertiary/aromatic N) is 1. The van der Waals surface area contributed by atoms with E-state index in [1.807, 2.05) is 0 Å². The molecule has 2 rings (SSSR count). The quantitative estimate of drug-likeness (QED) is 0.885. The Morgan fingerprint density at radius 3 is 2.61 bits per heavy atom. The molecule has 1 aliphatic heterocycles. The molecule has 1 heterocycles. The fourth-order valence-electron chi connectivity index (χ4n) is 2.96. The maximum atomic E-state index is 5.80. The summed E-state index contributed by atoms with van der Waals surface area (Å²) in [6, 6.07) is 9.32. The van der Waals surface area contributed by atoms with Crippen molar-refractivity contribution in [3.8, 4) is 0 Å². The first-order valence-electron chi connectivity index (χ1n) is 7.21. The van der Waals surface area contributed by atoms with E-state index in [2.05, 4.69) is 43.0 Å². The highest BCUT2D eigenvalue weighted by Gasteiger charge is 2.22. The Labute approximate surface area is 111 Å². The molecule has 2 nitrogen and oxygen atoms in total. The number of hydrogen-bond donors (Lipinski definition) is 1. The minimum absolute atomic E-state index is 0.655. The molecule has 1 aromatic carbocycles. The SMILES string of the molecule is CC1CCC(C)N(CCc2ccccc2CN)C1. The van der Waals surface area contributed by atoms with Gasteiger partial charge in [-0.05, 0) is 43.2 Å². The van der Waals surface area contributed by atoms with Crippen LogP contribution in [0.4, 0.5) is 0 Å². The topological polar surface area (TPSA) is 29.3 Å². The van der Waals surface area contributed by atoms with E-state index in [9.17, 15) is 0 Å². The molecule has 2 unspecified atom stereocenters. The molecule has 0 bridgehead atoms. The first kappa shape index (κ1) is 13.6. The molecular formula is C16H26N2. The van der Waals surface area contributed by atoms with E-state index in [1.165, 1.54) is 37.1 Å². The van der Waals surface area contributed by atoms with E-state index in [-0.39, 0.29) is 0 Å². The number of hydrogen-bond acceptors (Lipinski definition) is 2. The third-order valence-corrected chi connectivity index (χ3v) is 4.25. The summed E-state index contributed by atoms with van der Waals surface area (Å²) in [5.74, 6) is 0.853. The summed E-state index contributed by atoms with van der Waals surface area (Å²) in [7, 11) is 0. The number of nitrogens with two attached hydrogens (primary N) is 1. The van der Waals surface area contributed by atoms with Crippen LogP contribution in [0, 0.1) is 5.92 Å². The summed E-state index contributed by atoms with van der Waals surface area (Å²) in [6.07, 6.45) is 3.86. The predicted molar refractivity (Wildman–Crippen MR) is 77.5 cm³/mol. The highest BCUT2D eigenvalue weighted by atomic mass is 15.2. The third-order valence-electron chi connectivity index (χ3n) is 4.25. The van der Waals surface area contributed by atoms with Crippen LogP contribution in [-0.2, 0) is 13.0 Å². The van der Waals surface area contributed by atoms with Gasteiger partial charge in [0.1, 0.15) is 0 Å². The van der Waals surface area contributed by atoms with Crippen LogP contribution in [0.3, 0.4) is 0 Å². The molecule has 0 spiro atoms. The van der Waals surface area contributed by atoms with Gasteiger partial charge >= 0.3 is 0 Å². The van der Waals surface area contributed by atoms with Gasteiger partial charge in [0.05, 0.1) is 0 Å². The normalized spacial score (nSPS) is 25.3. The molecule has 1 fully saturated rings. The van der Waals surface area contributed by atoms with Gasteiger partial charge in [0, 0.05) is 25.7 Å². The van der Waals surface area contributed by atoms with E-state index in [0.29, 0.717) is 6.54 Å². The van der Waals surface area contributed by atoms with Gasteiger partial charge in [-0.1, -0.05) is 31.2 Å². The van der Waals surface area contributed by atoms with E-state index in [4.69, 9.17) is 5.73 Å². The lowest BCUT2D eigenvalue weighted by Crippen LogP contribution is -2.42. The zero-order valence-electron chi connectivity index (χ0n) is 11.7. The molecule has 0 aromatic heterocycles. The van der Waals surface area contributed by atoms with Crippen LogP contribution in [-0.4, -0.2) is 24.0 Å². The van der Waals surface area contributed by atoms with Gasteiger partial charge in [-0.2, -0.15) is 0 Å². The number of piperidine rings is 1. The van der Waals surface area contributed by atoms with Gasteiger partial charge in [0.25, 0.3) is 0 Å². The van der Waals surface area contributed by atoms with Gasteiger partial charge in [0.15, 0.2) is 0 Å². The Hall–Kier alpha value is -0.860. The summed E-state index contributed by atoms with van der Waals surface area (Å²) in [5.41, 5.74) is 8.52. The van der Waals surface area contributed by atoms with Crippen molar-refractivity contribution in [1.29, 1.82) is 0 Å². The van der Waals surface area contributed by atoms with Crippen molar-refractivity contribution < 1.29 is 0 Å². The number of likely N-dealkylation sites (tertiary alicyclic amines) is 1. The van der Waals surface area contributed by atoms with Crippen LogP contribution in [0.5, 0.6) is 0 Å². The predicted octanol–water partition coefficient (Wildman–Crippen LogP) is 2.81. The number of benzene rings is 1. The molecule has 2 atom stereocenters. The van der Waals surface area contributed by atoms with Crippen molar-refractivity contribution in [3.63, 3.8) is 0 Å². The van der Waals surface area contributed by atoms with Crippen molar-refractivity contribution in [3.05, 3.63) is 35.4 Å². The van der Waals surface area contributed by atoms with Crippen LogP contribution in [0.1, 0.15) is 37.8 Å². The molecule has 1 aliphatic rings. The van der Waals surface area contributed by atoms with Crippen LogP contribution in [0.25, 0.3) is 0 Å². The van der Waals surface area contributed by atoms with Crippen molar-refractivity contribution in [2.75, 3.05) is 13.1 Å². The van der Waals surface area contributed by atoms with Gasteiger partial charge < -0.3 is 10.6 Å². The standard InChI is InChI=1S/C16H26N2/c1-13-7-8-14(2)18(12-13)10-9-15-5-3-4-6-16(15)11-17/h3-6,13-14H,7-12,17H2,1-2H3. The second-order valence-electron chi connectivity index (χ2n) is 5.75.